The molecule has 0 bridgehead atoms. The van der Waals surface area contributed by atoms with E-state index in [0.717, 1.165) is 5.56 Å². The van der Waals surface area contributed by atoms with Crippen molar-refractivity contribution in [3.05, 3.63) is 70.8 Å². The molecule has 1 amide bonds. The number of hydrogen-bond acceptors (Lipinski definition) is 4. The monoisotopic (exact) mass is 325 g/mol. The van der Waals surface area contributed by atoms with E-state index in [1.807, 2.05) is 19.1 Å². The molecule has 2 aromatic rings. The van der Waals surface area contributed by atoms with Crippen LogP contribution in [0.2, 0.25) is 0 Å². The summed E-state index contributed by atoms with van der Waals surface area (Å²) in [5, 5.41) is 2.54. The molecule has 0 aliphatic heterocycles. The van der Waals surface area contributed by atoms with Crippen molar-refractivity contribution in [1.82, 2.24) is 5.32 Å². The maximum Gasteiger partial charge on any atom is 0.339 e. The first-order chi connectivity index (χ1) is 11.5. The number of rotatable bonds is 6. The first-order valence-corrected chi connectivity index (χ1v) is 7.67. The highest BCUT2D eigenvalue weighted by Gasteiger charge is 2.19. The van der Waals surface area contributed by atoms with Gasteiger partial charge in [-0.1, -0.05) is 48.0 Å². The molecular formula is C19H19NO4. The average Bonchev–Trinajstić information content (AvgIpc) is 2.60. The maximum atomic E-state index is 12.6. The van der Waals surface area contributed by atoms with Crippen LogP contribution in [-0.4, -0.2) is 30.8 Å². The minimum atomic E-state index is -0.697. The van der Waals surface area contributed by atoms with Crippen LogP contribution in [0.25, 0.3) is 0 Å². The van der Waals surface area contributed by atoms with E-state index in [1.54, 1.807) is 37.3 Å². The van der Waals surface area contributed by atoms with Gasteiger partial charge in [-0.3, -0.25) is 9.59 Å². The Morgan fingerprint density at radius 2 is 1.58 bits per heavy atom. The highest BCUT2D eigenvalue weighted by atomic mass is 16.5. The van der Waals surface area contributed by atoms with E-state index in [2.05, 4.69) is 5.32 Å². The van der Waals surface area contributed by atoms with Crippen LogP contribution in [0.4, 0.5) is 0 Å². The summed E-state index contributed by atoms with van der Waals surface area (Å²) >= 11 is 0. The van der Waals surface area contributed by atoms with Crippen LogP contribution in [0.1, 0.15) is 38.8 Å². The number of amides is 1. The molecule has 124 valence electrons. The maximum absolute atomic E-state index is 12.6. The Kier molecular flexibility index (Phi) is 5.84. The van der Waals surface area contributed by atoms with Gasteiger partial charge < -0.3 is 10.1 Å². The van der Waals surface area contributed by atoms with Crippen molar-refractivity contribution in [2.24, 2.45) is 0 Å². The van der Waals surface area contributed by atoms with Gasteiger partial charge in [-0.2, -0.15) is 0 Å². The second-order valence-electron chi connectivity index (χ2n) is 5.27. The van der Waals surface area contributed by atoms with Crippen LogP contribution in [0.15, 0.2) is 48.5 Å². The number of ketones is 1. The Morgan fingerprint density at radius 1 is 0.958 bits per heavy atom. The normalized spacial score (nSPS) is 10.1. The summed E-state index contributed by atoms with van der Waals surface area (Å²) in [4.78, 5) is 36.2. The topological polar surface area (TPSA) is 72.5 Å². The fourth-order valence-corrected chi connectivity index (χ4v) is 2.18. The van der Waals surface area contributed by atoms with Crippen LogP contribution < -0.4 is 5.32 Å². The van der Waals surface area contributed by atoms with Crippen LogP contribution in [0, 0.1) is 6.92 Å². The highest BCUT2D eigenvalue weighted by Crippen LogP contribution is 2.16. The Hall–Kier alpha value is -2.95. The molecule has 0 aliphatic rings. The van der Waals surface area contributed by atoms with E-state index in [-0.39, 0.29) is 29.4 Å². The quantitative estimate of drug-likeness (QED) is 0.654. The van der Waals surface area contributed by atoms with Gasteiger partial charge in [0.2, 0.25) is 0 Å². The third-order valence-corrected chi connectivity index (χ3v) is 3.41. The smallest absolute Gasteiger partial charge is 0.339 e. The van der Waals surface area contributed by atoms with E-state index in [1.165, 1.54) is 6.07 Å². The molecule has 24 heavy (non-hydrogen) atoms. The van der Waals surface area contributed by atoms with Crippen molar-refractivity contribution in [1.29, 1.82) is 0 Å². The van der Waals surface area contributed by atoms with Gasteiger partial charge in [0.1, 0.15) is 0 Å². The van der Waals surface area contributed by atoms with Gasteiger partial charge in [-0.05, 0) is 19.9 Å². The second kappa shape index (κ2) is 8.06. The van der Waals surface area contributed by atoms with Gasteiger partial charge in [0.05, 0.1) is 5.56 Å². The zero-order valence-electron chi connectivity index (χ0n) is 13.7. The molecule has 0 aliphatic carbocycles. The van der Waals surface area contributed by atoms with Crippen LogP contribution in [0.3, 0.4) is 0 Å². The number of hydrogen-bond donors (Lipinski definition) is 1. The van der Waals surface area contributed by atoms with Crippen molar-refractivity contribution < 1.29 is 19.1 Å². The fourth-order valence-electron chi connectivity index (χ4n) is 2.18. The lowest BCUT2D eigenvalue weighted by molar-refractivity contribution is -0.124. The lowest BCUT2D eigenvalue weighted by Crippen LogP contribution is -2.28. The standard InChI is InChI=1S/C19H19NO4/c1-3-20-17(21)12-24-19(23)16-7-5-4-6-15(16)18(22)14-10-8-13(2)9-11-14/h4-11H,3,12H2,1-2H3,(H,20,21). The summed E-state index contributed by atoms with van der Waals surface area (Å²) in [5.41, 5.74) is 1.93. The first kappa shape index (κ1) is 17.4. The summed E-state index contributed by atoms with van der Waals surface area (Å²) in [6.45, 7) is 3.79. The summed E-state index contributed by atoms with van der Waals surface area (Å²) in [5.74, 6) is -1.34. The Balaban J connectivity index is 2.20. The molecule has 5 nitrogen and oxygen atoms in total. The molecule has 0 saturated carbocycles. The molecule has 0 aromatic heterocycles. The number of likely N-dealkylation sites (N-methyl/N-ethyl adjacent to an activating group) is 1. The molecule has 0 heterocycles. The predicted octanol–water partition coefficient (Wildman–Crippen LogP) is 2.52. The van der Waals surface area contributed by atoms with Crippen molar-refractivity contribution in [3.63, 3.8) is 0 Å². The summed E-state index contributed by atoms with van der Waals surface area (Å²) in [6.07, 6.45) is 0. The molecule has 0 atom stereocenters. The Bertz CT molecular complexity index is 750. The number of benzene rings is 2. The third-order valence-electron chi connectivity index (χ3n) is 3.41. The molecule has 0 spiro atoms. The summed E-state index contributed by atoms with van der Waals surface area (Å²) in [6, 6.07) is 13.5. The highest BCUT2D eigenvalue weighted by molar-refractivity contribution is 6.14. The van der Waals surface area contributed by atoms with Crippen molar-refractivity contribution in [3.8, 4) is 0 Å². The number of nitrogens with one attached hydrogen (secondary N) is 1. The van der Waals surface area contributed by atoms with E-state index in [9.17, 15) is 14.4 Å². The third kappa shape index (κ3) is 4.29. The first-order valence-electron chi connectivity index (χ1n) is 7.67. The molecule has 2 aromatic carbocycles. The molecule has 5 heteroatoms. The van der Waals surface area contributed by atoms with Gasteiger partial charge in [0, 0.05) is 17.7 Å². The molecule has 0 fully saturated rings. The molecule has 1 N–H and O–H groups in total. The molecular weight excluding hydrogens is 306 g/mol. The van der Waals surface area contributed by atoms with Gasteiger partial charge in [0.25, 0.3) is 5.91 Å². The van der Waals surface area contributed by atoms with E-state index in [0.29, 0.717) is 12.1 Å². The van der Waals surface area contributed by atoms with Gasteiger partial charge >= 0.3 is 5.97 Å². The zero-order chi connectivity index (χ0) is 17.5. The van der Waals surface area contributed by atoms with Crippen molar-refractivity contribution >= 4 is 17.7 Å². The fraction of sp³-hybridized carbons (Fsp3) is 0.211. The van der Waals surface area contributed by atoms with E-state index in [4.69, 9.17) is 4.74 Å². The van der Waals surface area contributed by atoms with Crippen LogP contribution in [0.5, 0.6) is 0 Å². The Morgan fingerprint density at radius 3 is 2.21 bits per heavy atom. The van der Waals surface area contributed by atoms with Gasteiger partial charge in [-0.25, -0.2) is 4.79 Å². The zero-order valence-corrected chi connectivity index (χ0v) is 13.7. The average molecular weight is 325 g/mol. The molecule has 0 unspecified atom stereocenters. The SMILES string of the molecule is CCNC(=O)COC(=O)c1ccccc1C(=O)c1ccc(C)cc1. The minimum absolute atomic E-state index is 0.146. The molecule has 2 rings (SSSR count). The number of ether oxygens (including phenoxy) is 1. The summed E-state index contributed by atoms with van der Waals surface area (Å²) < 4.78 is 4.99. The van der Waals surface area contributed by atoms with Crippen LogP contribution >= 0.6 is 0 Å². The minimum Gasteiger partial charge on any atom is -0.452 e. The lowest BCUT2D eigenvalue weighted by atomic mass is 9.98. The molecule has 0 radical (unpaired) electrons. The number of esters is 1. The van der Waals surface area contributed by atoms with Crippen LogP contribution in [-0.2, 0) is 9.53 Å². The second-order valence-corrected chi connectivity index (χ2v) is 5.27. The van der Waals surface area contributed by atoms with E-state index >= 15 is 0 Å². The van der Waals surface area contributed by atoms with Gasteiger partial charge in [0.15, 0.2) is 12.4 Å². The van der Waals surface area contributed by atoms with E-state index < -0.39 is 5.97 Å². The number of aryl methyl sites for hydroxylation is 1. The summed E-state index contributed by atoms with van der Waals surface area (Å²) in [7, 11) is 0. The predicted molar refractivity (Wildman–Crippen MR) is 90.0 cm³/mol. The molecule has 0 saturated heterocycles. The van der Waals surface area contributed by atoms with Gasteiger partial charge in [-0.15, -0.1) is 0 Å². The largest absolute Gasteiger partial charge is 0.452 e. The van der Waals surface area contributed by atoms with Crippen molar-refractivity contribution in [2.75, 3.05) is 13.2 Å². The van der Waals surface area contributed by atoms with Crippen molar-refractivity contribution in [2.45, 2.75) is 13.8 Å². The Labute approximate surface area is 140 Å². The lowest BCUT2D eigenvalue weighted by Gasteiger charge is -2.09. The number of carbonyl (C=O) groups is 3. The number of carbonyl (C=O) groups excluding carboxylic acids is 3.